The minimum absolute atomic E-state index is 0.266. The Hall–Kier alpha value is -0.0800. The molecule has 2 heterocycles. The molecule has 0 aromatic carbocycles. The van der Waals surface area contributed by atoms with E-state index in [-0.39, 0.29) is 5.60 Å². The number of hydrogen-bond donors (Lipinski definition) is 0. The van der Waals surface area contributed by atoms with Gasteiger partial charge in [0.15, 0.2) is 0 Å². The van der Waals surface area contributed by atoms with Crippen molar-refractivity contribution in [2.24, 2.45) is 11.8 Å². The maximum Gasteiger partial charge on any atom is 0.0923 e. The zero-order valence-electron chi connectivity index (χ0n) is 10.6. The maximum atomic E-state index is 5.91. The summed E-state index contributed by atoms with van der Waals surface area (Å²) in [5, 5.41) is 0. The molecular weight excluding hydrogens is 200 g/mol. The highest BCUT2D eigenvalue weighted by molar-refractivity contribution is 5.05. The Morgan fingerprint density at radius 2 is 2.00 bits per heavy atom. The molecule has 0 bridgehead atoms. The topological polar surface area (TPSA) is 21.8 Å². The summed E-state index contributed by atoms with van der Waals surface area (Å²) < 4.78 is 11.7. The summed E-state index contributed by atoms with van der Waals surface area (Å²) in [6, 6.07) is 0. The molecule has 16 heavy (non-hydrogen) atoms. The van der Waals surface area contributed by atoms with E-state index in [1.165, 1.54) is 38.5 Å². The summed E-state index contributed by atoms with van der Waals surface area (Å²) in [6.07, 6.45) is 9.03. The molecule has 3 rings (SSSR count). The first-order valence-corrected chi connectivity index (χ1v) is 6.98. The van der Waals surface area contributed by atoms with Crippen LogP contribution in [0.2, 0.25) is 0 Å². The molecular formula is C14H24O2. The third-order valence-corrected chi connectivity index (χ3v) is 4.99. The second-order valence-corrected chi connectivity index (χ2v) is 6.22. The van der Waals surface area contributed by atoms with Crippen LogP contribution in [0.1, 0.15) is 52.4 Å². The van der Waals surface area contributed by atoms with Crippen molar-refractivity contribution in [2.45, 2.75) is 70.2 Å². The minimum Gasteiger partial charge on any atom is -0.378 e. The third-order valence-electron chi connectivity index (χ3n) is 4.99. The average Bonchev–Trinajstić information content (AvgIpc) is 2.95. The van der Waals surface area contributed by atoms with Gasteiger partial charge in [0.05, 0.1) is 17.8 Å². The Morgan fingerprint density at radius 3 is 2.81 bits per heavy atom. The molecule has 92 valence electrons. The molecule has 1 aliphatic carbocycles. The lowest BCUT2D eigenvalue weighted by molar-refractivity contribution is -0.0242. The van der Waals surface area contributed by atoms with Gasteiger partial charge in [0.1, 0.15) is 0 Å². The van der Waals surface area contributed by atoms with Gasteiger partial charge in [-0.15, -0.1) is 0 Å². The zero-order chi connectivity index (χ0) is 11.2. The standard InChI is InChI=1S/C14H24O2/c1-10-11(6-4-8-15-10)9-12-5-3-7-14(2)13(12)16-14/h10-13H,3-9H2,1-2H3. The highest BCUT2D eigenvalue weighted by atomic mass is 16.6. The first-order chi connectivity index (χ1) is 7.69. The molecule has 1 saturated carbocycles. The van der Waals surface area contributed by atoms with Crippen molar-refractivity contribution in [1.82, 2.24) is 0 Å². The van der Waals surface area contributed by atoms with Gasteiger partial charge >= 0.3 is 0 Å². The smallest absolute Gasteiger partial charge is 0.0923 e. The van der Waals surface area contributed by atoms with Gasteiger partial charge in [-0.2, -0.15) is 0 Å². The Kier molecular flexibility index (Phi) is 2.75. The van der Waals surface area contributed by atoms with Crippen LogP contribution in [-0.4, -0.2) is 24.4 Å². The Labute approximate surface area is 98.7 Å². The number of epoxide rings is 1. The van der Waals surface area contributed by atoms with Crippen molar-refractivity contribution in [2.75, 3.05) is 6.61 Å². The Balaban J connectivity index is 1.58. The van der Waals surface area contributed by atoms with Gasteiger partial charge in [0.25, 0.3) is 0 Å². The van der Waals surface area contributed by atoms with Crippen molar-refractivity contribution < 1.29 is 9.47 Å². The normalized spacial score (nSPS) is 52.1. The minimum atomic E-state index is 0.266. The Bertz CT molecular complexity index is 265. The van der Waals surface area contributed by atoms with E-state index < -0.39 is 0 Å². The molecule has 0 spiro atoms. The molecule has 3 fully saturated rings. The largest absolute Gasteiger partial charge is 0.378 e. The highest BCUT2D eigenvalue weighted by Crippen LogP contribution is 2.52. The van der Waals surface area contributed by atoms with Crippen LogP contribution in [0, 0.1) is 11.8 Å². The predicted octanol–water partition coefficient (Wildman–Crippen LogP) is 3.15. The molecule has 3 aliphatic rings. The monoisotopic (exact) mass is 224 g/mol. The van der Waals surface area contributed by atoms with Gasteiger partial charge in [-0.25, -0.2) is 0 Å². The van der Waals surface area contributed by atoms with Crippen molar-refractivity contribution in [1.29, 1.82) is 0 Å². The molecule has 2 nitrogen and oxygen atoms in total. The van der Waals surface area contributed by atoms with Crippen LogP contribution >= 0.6 is 0 Å². The van der Waals surface area contributed by atoms with Gasteiger partial charge in [-0.3, -0.25) is 0 Å². The second kappa shape index (κ2) is 3.99. The van der Waals surface area contributed by atoms with Crippen LogP contribution in [0.4, 0.5) is 0 Å². The van der Waals surface area contributed by atoms with E-state index in [9.17, 15) is 0 Å². The van der Waals surface area contributed by atoms with Crippen LogP contribution in [-0.2, 0) is 9.47 Å². The summed E-state index contributed by atoms with van der Waals surface area (Å²) in [5.41, 5.74) is 0.266. The van der Waals surface area contributed by atoms with Gasteiger partial charge in [-0.1, -0.05) is 6.42 Å². The van der Waals surface area contributed by atoms with Gasteiger partial charge in [0, 0.05) is 6.61 Å². The fraction of sp³-hybridized carbons (Fsp3) is 1.00. The number of hydrogen-bond acceptors (Lipinski definition) is 2. The molecule has 0 amide bonds. The van der Waals surface area contributed by atoms with Gasteiger partial charge in [0.2, 0.25) is 0 Å². The van der Waals surface area contributed by atoms with Gasteiger partial charge < -0.3 is 9.47 Å². The fourth-order valence-electron chi connectivity index (χ4n) is 3.84. The van der Waals surface area contributed by atoms with Crippen molar-refractivity contribution in [3.05, 3.63) is 0 Å². The molecule has 5 unspecified atom stereocenters. The first kappa shape index (κ1) is 11.0. The number of rotatable bonds is 2. The van der Waals surface area contributed by atoms with E-state index >= 15 is 0 Å². The van der Waals surface area contributed by atoms with Crippen LogP contribution in [0.15, 0.2) is 0 Å². The van der Waals surface area contributed by atoms with E-state index in [1.807, 2.05) is 0 Å². The molecule has 2 heteroatoms. The SMILES string of the molecule is CC1OCCCC1CC1CCCC2(C)OC12. The van der Waals surface area contributed by atoms with Crippen molar-refractivity contribution in [3.8, 4) is 0 Å². The molecule has 0 aromatic rings. The van der Waals surface area contributed by atoms with E-state index in [1.54, 1.807) is 0 Å². The highest BCUT2D eigenvalue weighted by Gasteiger charge is 2.57. The second-order valence-electron chi connectivity index (χ2n) is 6.22. The summed E-state index contributed by atoms with van der Waals surface area (Å²) >= 11 is 0. The van der Waals surface area contributed by atoms with E-state index in [0.29, 0.717) is 12.2 Å². The molecule has 0 aromatic heterocycles. The van der Waals surface area contributed by atoms with E-state index in [2.05, 4.69) is 13.8 Å². The molecule has 2 saturated heterocycles. The van der Waals surface area contributed by atoms with Gasteiger partial charge in [-0.05, 0) is 57.8 Å². The molecule has 5 atom stereocenters. The third kappa shape index (κ3) is 1.91. The van der Waals surface area contributed by atoms with Crippen LogP contribution < -0.4 is 0 Å². The quantitative estimate of drug-likeness (QED) is 0.672. The lowest BCUT2D eigenvalue weighted by atomic mass is 9.76. The fourth-order valence-corrected chi connectivity index (χ4v) is 3.84. The Morgan fingerprint density at radius 1 is 1.19 bits per heavy atom. The molecule has 0 radical (unpaired) electrons. The first-order valence-electron chi connectivity index (χ1n) is 6.98. The zero-order valence-corrected chi connectivity index (χ0v) is 10.6. The van der Waals surface area contributed by atoms with Crippen molar-refractivity contribution in [3.63, 3.8) is 0 Å². The summed E-state index contributed by atoms with van der Waals surface area (Å²) in [6.45, 7) is 5.52. The maximum absolute atomic E-state index is 5.91. The molecule has 2 aliphatic heterocycles. The molecule has 0 N–H and O–H groups in total. The summed E-state index contributed by atoms with van der Waals surface area (Å²) in [5.74, 6) is 1.60. The lowest BCUT2D eigenvalue weighted by Gasteiger charge is -2.33. The number of ether oxygens (including phenoxy) is 2. The van der Waals surface area contributed by atoms with Crippen LogP contribution in [0.3, 0.4) is 0 Å². The number of fused-ring (bicyclic) bond motifs is 1. The summed E-state index contributed by atoms with van der Waals surface area (Å²) in [4.78, 5) is 0. The van der Waals surface area contributed by atoms with Crippen LogP contribution in [0.5, 0.6) is 0 Å². The summed E-state index contributed by atoms with van der Waals surface area (Å²) in [7, 11) is 0. The van der Waals surface area contributed by atoms with Crippen molar-refractivity contribution >= 4 is 0 Å². The van der Waals surface area contributed by atoms with Crippen LogP contribution in [0.25, 0.3) is 0 Å². The lowest BCUT2D eigenvalue weighted by Crippen LogP contribution is -2.32. The predicted molar refractivity (Wildman–Crippen MR) is 63.4 cm³/mol. The average molecular weight is 224 g/mol. The van der Waals surface area contributed by atoms with E-state index in [4.69, 9.17) is 9.47 Å². The van der Waals surface area contributed by atoms with E-state index in [0.717, 1.165) is 18.4 Å².